The summed E-state index contributed by atoms with van der Waals surface area (Å²) in [6.07, 6.45) is 0. The molecule has 116 valence electrons. The first-order valence-corrected chi connectivity index (χ1v) is 8.63. The van der Waals surface area contributed by atoms with E-state index in [4.69, 9.17) is 15.8 Å². The molecule has 2 rings (SSSR count). The standard InChI is InChI=1S/C14H11BrClNO4S/c1-9(18)17-11-3-5-12(6-4-11)21-22(19,20)14-7-2-10(15)8-13(14)16/h2-8H,1H3,(H,17,18). The summed E-state index contributed by atoms with van der Waals surface area (Å²) in [6.45, 7) is 1.38. The van der Waals surface area contributed by atoms with Crippen LogP contribution >= 0.6 is 27.5 Å². The van der Waals surface area contributed by atoms with E-state index >= 15 is 0 Å². The van der Waals surface area contributed by atoms with E-state index in [2.05, 4.69) is 21.2 Å². The molecule has 0 radical (unpaired) electrons. The van der Waals surface area contributed by atoms with E-state index in [1.807, 2.05) is 0 Å². The predicted octanol–water partition coefficient (Wildman–Crippen LogP) is 3.83. The Morgan fingerprint density at radius 2 is 1.82 bits per heavy atom. The molecular weight excluding hydrogens is 394 g/mol. The minimum absolute atomic E-state index is 0.0595. The third kappa shape index (κ3) is 4.22. The summed E-state index contributed by atoms with van der Waals surface area (Å²) in [7, 11) is -4.04. The van der Waals surface area contributed by atoms with Crippen LogP contribution < -0.4 is 9.50 Å². The molecule has 0 atom stereocenters. The van der Waals surface area contributed by atoms with E-state index in [9.17, 15) is 13.2 Å². The van der Waals surface area contributed by atoms with Gasteiger partial charge in [0.25, 0.3) is 0 Å². The molecule has 2 aromatic carbocycles. The number of hydrogen-bond acceptors (Lipinski definition) is 4. The maximum atomic E-state index is 12.2. The first-order chi connectivity index (χ1) is 10.3. The van der Waals surface area contributed by atoms with Gasteiger partial charge < -0.3 is 9.50 Å². The molecule has 5 nitrogen and oxygen atoms in total. The van der Waals surface area contributed by atoms with Crippen LogP contribution in [0.5, 0.6) is 5.75 Å². The highest BCUT2D eigenvalue weighted by atomic mass is 79.9. The minimum atomic E-state index is -4.04. The van der Waals surface area contributed by atoms with Gasteiger partial charge in [-0.25, -0.2) is 0 Å². The van der Waals surface area contributed by atoms with Crippen molar-refractivity contribution in [3.8, 4) is 5.75 Å². The highest BCUT2D eigenvalue weighted by molar-refractivity contribution is 9.10. The Labute approximate surface area is 141 Å². The third-order valence-corrected chi connectivity index (χ3v) is 4.77. The lowest BCUT2D eigenvalue weighted by atomic mass is 10.3. The second-order valence-electron chi connectivity index (χ2n) is 4.32. The maximum Gasteiger partial charge on any atom is 0.340 e. The molecule has 8 heteroatoms. The molecule has 1 N–H and O–H groups in total. The lowest BCUT2D eigenvalue weighted by Crippen LogP contribution is -2.10. The van der Waals surface area contributed by atoms with Crippen LogP contribution in [-0.4, -0.2) is 14.3 Å². The minimum Gasteiger partial charge on any atom is -0.379 e. The lowest BCUT2D eigenvalue weighted by Gasteiger charge is -2.09. The largest absolute Gasteiger partial charge is 0.379 e. The Hall–Kier alpha value is -1.57. The number of carbonyl (C=O) groups is 1. The zero-order chi connectivity index (χ0) is 16.3. The summed E-state index contributed by atoms with van der Waals surface area (Å²) in [5, 5.41) is 2.63. The Balaban J connectivity index is 2.23. The zero-order valence-electron chi connectivity index (χ0n) is 11.3. The Morgan fingerprint density at radius 3 is 2.36 bits per heavy atom. The smallest absolute Gasteiger partial charge is 0.340 e. The molecule has 0 aliphatic rings. The fourth-order valence-electron chi connectivity index (χ4n) is 1.65. The van der Waals surface area contributed by atoms with E-state index in [0.717, 1.165) is 0 Å². The van der Waals surface area contributed by atoms with E-state index in [1.54, 1.807) is 6.07 Å². The number of hydrogen-bond donors (Lipinski definition) is 1. The van der Waals surface area contributed by atoms with Crippen molar-refractivity contribution in [1.82, 2.24) is 0 Å². The van der Waals surface area contributed by atoms with Gasteiger partial charge in [-0.05, 0) is 42.5 Å². The average molecular weight is 405 g/mol. The topological polar surface area (TPSA) is 72.5 Å². The molecule has 0 heterocycles. The van der Waals surface area contributed by atoms with Gasteiger partial charge in [0.2, 0.25) is 5.91 Å². The Kier molecular flexibility index (Phi) is 5.10. The van der Waals surface area contributed by atoms with Crippen molar-refractivity contribution in [3.63, 3.8) is 0 Å². The third-order valence-electron chi connectivity index (χ3n) is 2.54. The van der Waals surface area contributed by atoms with E-state index < -0.39 is 10.1 Å². The van der Waals surface area contributed by atoms with Crippen LogP contribution in [0.15, 0.2) is 51.8 Å². The fourth-order valence-corrected chi connectivity index (χ4v) is 3.59. The quantitative estimate of drug-likeness (QED) is 0.786. The summed E-state index contributed by atoms with van der Waals surface area (Å²) < 4.78 is 30.1. The molecule has 0 aliphatic heterocycles. The van der Waals surface area contributed by atoms with Crippen molar-refractivity contribution in [2.45, 2.75) is 11.8 Å². The van der Waals surface area contributed by atoms with Crippen molar-refractivity contribution in [3.05, 3.63) is 52.0 Å². The van der Waals surface area contributed by atoms with Crippen LogP contribution in [0.1, 0.15) is 6.92 Å². The molecule has 2 aromatic rings. The van der Waals surface area contributed by atoms with E-state index in [0.29, 0.717) is 10.2 Å². The fraction of sp³-hybridized carbons (Fsp3) is 0.0714. The van der Waals surface area contributed by atoms with E-state index in [-0.39, 0.29) is 21.6 Å². The number of carbonyl (C=O) groups excluding carboxylic acids is 1. The van der Waals surface area contributed by atoms with Gasteiger partial charge in [0.1, 0.15) is 10.6 Å². The predicted molar refractivity (Wildman–Crippen MR) is 87.7 cm³/mol. The summed E-state index contributed by atoms with van der Waals surface area (Å²) in [5.41, 5.74) is 0.541. The molecule has 0 fully saturated rings. The number of amides is 1. The number of benzene rings is 2. The van der Waals surface area contributed by atoms with Crippen LogP contribution in [0.25, 0.3) is 0 Å². The first kappa shape index (κ1) is 16.8. The van der Waals surface area contributed by atoms with Gasteiger partial charge in [0.15, 0.2) is 0 Å². The van der Waals surface area contributed by atoms with Gasteiger partial charge in [-0.1, -0.05) is 27.5 Å². The summed E-state index contributed by atoms with van der Waals surface area (Å²) in [4.78, 5) is 10.8. The monoisotopic (exact) mass is 403 g/mol. The molecule has 0 saturated carbocycles. The van der Waals surface area contributed by atoms with Crippen LogP contribution in [0.4, 0.5) is 5.69 Å². The second kappa shape index (κ2) is 6.68. The molecule has 0 saturated heterocycles. The van der Waals surface area contributed by atoms with Crippen LogP contribution in [-0.2, 0) is 14.9 Å². The van der Waals surface area contributed by atoms with E-state index in [1.165, 1.54) is 43.3 Å². The van der Waals surface area contributed by atoms with Crippen LogP contribution in [0, 0.1) is 0 Å². The van der Waals surface area contributed by atoms with Gasteiger partial charge >= 0.3 is 10.1 Å². The SMILES string of the molecule is CC(=O)Nc1ccc(OS(=O)(=O)c2ccc(Br)cc2Cl)cc1. The molecule has 0 bridgehead atoms. The van der Waals surface area contributed by atoms with Crippen LogP contribution in [0.3, 0.4) is 0 Å². The summed E-state index contributed by atoms with van der Waals surface area (Å²) in [6, 6.07) is 10.3. The number of nitrogens with one attached hydrogen (secondary N) is 1. The molecule has 0 unspecified atom stereocenters. The van der Waals surface area contributed by atoms with Crippen molar-refractivity contribution in [1.29, 1.82) is 0 Å². The van der Waals surface area contributed by atoms with Gasteiger partial charge in [-0.2, -0.15) is 8.42 Å². The number of rotatable bonds is 4. The Bertz CT molecular complexity index is 806. The molecular formula is C14H11BrClNO4S. The molecule has 1 amide bonds. The van der Waals surface area contributed by atoms with Gasteiger partial charge in [-0.3, -0.25) is 4.79 Å². The van der Waals surface area contributed by atoms with Crippen molar-refractivity contribution in [2.75, 3.05) is 5.32 Å². The van der Waals surface area contributed by atoms with Gasteiger partial charge in [0.05, 0.1) is 5.02 Å². The number of anilines is 1. The number of halogens is 2. The first-order valence-electron chi connectivity index (χ1n) is 6.05. The average Bonchev–Trinajstić information content (AvgIpc) is 2.39. The summed E-state index contributed by atoms with van der Waals surface area (Å²) in [5.74, 6) is -0.101. The second-order valence-corrected chi connectivity index (χ2v) is 7.16. The molecule has 22 heavy (non-hydrogen) atoms. The molecule has 0 spiro atoms. The zero-order valence-corrected chi connectivity index (χ0v) is 14.5. The Morgan fingerprint density at radius 1 is 1.18 bits per heavy atom. The van der Waals surface area contributed by atoms with Crippen LogP contribution in [0.2, 0.25) is 5.02 Å². The lowest BCUT2D eigenvalue weighted by molar-refractivity contribution is -0.114. The van der Waals surface area contributed by atoms with Crippen molar-refractivity contribution >= 4 is 49.2 Å². The van der Waals surface area contributed by atoms with Gasteiger partial charge in [0, 0.05) is 17.1 Å². The maximum absolute atomic E-state index is 12.2. The van der Waals surface area contributed by atoms with Crippen molar-refractivity contribution < 1.29 is 17.4 Å². The van der Waals surface area contributed by atoms with Gasteiger partial charge in [-0.15, -0.1) is 0 Å². The summed E-state index contributed by atoms with van der Waals surface area (Å²) >= 11 is 9.13. The molecule has 0 aromatic heterocycles. The highest BCUT2D eigenvalue weighted by Gasteiger charge is 2.20. The molecule has 0 aliphatic carbocycles. The normalized spacial score (nSPS) is 11.0. The highest BCUT2D eigenvalue weighted by Crippen LogP contribution is 2.28. The van der Waals surface area contributed by atoms with Crippen molar-refractivity contribution in [2.24, 2.45) is 0 Å².